The van der Waals surface area contributed by atoms with Crippen molar-refractivity contribution in [3.8, 4) is 0 Å². The zero-order valence-corrected chi connectivity index (χ0v) is 10.9. The van der Waals surface area contributed by atoms with Crippen LogP contribution in [0.5, 0.6) is 0 Å². The molecule has 0 bridgehead atoms. The number of carbonyl (C=O) groups is 1. The topological polar surface area (TPSA) is 78.8 Å². The molecule has 106 valence electrons. The molecule has 0 aromatic rings. The number of aldehydes is 1. The van der Waals surface area contributed by atoms with E-state index in [0.717, 1.165) is 38.4 Å². The molecule has 1 saturated carbocycles. The van der Waals surface area contributed by atoms with E-state index < -0.39 is 6.23 Å². The van der Waals surface area contributed by atoms with Crippen LogP contribution in [0.2, 0.25) is 0 Å². The quantitative estimate of drug-likeness (QED) is 0.318. The Morgan fingerprint density at radius 3 is 2.67 bits per heavy atom. The molecule has 0 radical (unpaired) electrons. The highest BCUT2D eigenvalue weighted by Gasteiger charge is 2.22. The van der Waals surface area contributed by atoms with E-state index in [4.69, 9.17) is 9.84 Å². The Morgan fingerprint density at radius 2 is 2.06 bits per heavy atom. The number of ether oxygens (including phenoxy) is 1. The van der Waals surface area contributed by atoms with Crippen LogP contribution in [0.1, 0.15) is 38.5 Å². The molecule has 0 heterocycles. The van der Waals surface area contributed by atoms with Gasteiger partial charge in [-0.05, 0) is 38.0 Å². The van der Waals surface area contributed by atoms with Gasteiger partial charge in [-0.3, -0.25) is 5.32 Å². The van der Waals surface area contributed by atoms with Gasteiger partial charge in [0.15, 0.2) is 0 Å². The molecule has 18 heavy (non-hydrogen) atoms. The molecule has 5 heteroatoms. The fraction of sp³-hybridized carbons (Fsp3) is 0.923. The first-order valence-corrected chi connectivity index (χ1v) is 6.82. The van der Waals surface area contributed by atoms with Gasteiger partial charge in [0.25, 0.3) is 0 Å². The molecule has 0 aromatic carbocycles. The summed E-state index contributed by atoms with van der Waals surface area (Å²) in [6.45, 7) is 0.456. The second-order valence-electron chi connectivity index (χ2n) is 4.94. The normalized spacial score (nSPS) is 25.9. The maximum absolute atomic E-state index is 10.3. The molecule has 1 rings (SSSR count). The number of aliphatic hydroxyl groups excluding tert-OH is 2. The van der Waals surface area contributed by atoms with Crippen molar-refractivity contribution in [3.05, 3.63) is 0 Å². The van der Waals surface area contributed by atoms with Gasteiger partial charge in [-0.2, -0.15) is 0 Å². The minimum absolute atomic E-state index is 0.0193. The van der Waals surface area contributed by atoms with Crippen LogP contribution in [0.15, 0.2) is 0 Å². The number of hydrogen-bond acceptors (Lipinski definition) is 5. The first-order valence-electron chi connectivity index (χ1n) is 6.82. The third-order valence-electron chi connectivity index (χ3n) is 3.48. The largest absolute Gasteiger partial charge is 0.394 e. The lowest BCUT2D eigenvalue weighted by Crippen LogP contribution is -2.43. The number of carbonyl (C=O) groups excluding carboxylic acids is 1. The molecule has 1 fully saturated rings. The van der Waals surface area contributed by atoms with Crippen molar-refractivity contribution in [1.29, 1.82) is 0 Å². The van der Waals surface area contributed by atoms with Crippen molar-refractivity contribution >= 4 is 6.29 Å². The van der Waals surface area contributed by atoms with E-state index >= 15 is 0 Å². The summed E-state index contributed by atoms with van der Waals surface area (Å²) in [5.74, 6) is 0.663. The molecule has 0 aliphatic heterocycles. The van der Waals surface area contributed by atoms with Crippen molar-refractivity contribution in [2.45, 2.75) is 50.8 Å². The van der Waals surface area contributed by atoms with Crippen LogP contribution in [0.4, 0.5) is 0 Å². The van der Waals surface area contributed by atoms with Gasteiger partial charge in [0, 0.05) is 12.5 Å². The Balaban J connectivity index is 2.09. The van der Waals surface area contributed by atoms with Crippen LogP contribution in [-0.2, 0) is 9.53 Å². The van der Waals surface area contributed by atoms with Crippen molar-refractivity contribution in [1.82, 2.24) is 5.32 Å². The summed E-state index contributed by atoms with van der Waals surface area (Å²) >= 11 is 0. The predicted octanol–water partition coefficient (Wildman–Crippen LogP) is 0.441. The summed E-state index contributed by atoms with van der Waals surface area (Å²) in [6.07, 6.45) is 6.32. The van der Waals surface area contributed by atoms with Gasteiger partial charge < -0.3 is 19.7 Å². The van der Waals surface area contributed by atoms with Gasteiger partial charge in [0.1, 0.15) is 12.5 Å². The minimum Gasteiger partial charge on any atom is -0.394 e. The van der Waals surface area contributed by atoms with Crippen LogP contribution in [-0.4, -0.2) is 48.6 Å². The molecule has 0 amide bonds. The van der Waals surface area contributed by atoms with Gasteiger partial charge in [0.05, 0.1) is 19.8 Å². The Bertz CT molecular complexity index is 217. The summed E-state index contributed by atoms with van der Waals surface area (Å²) in [5.41, 5.74) is 0. The molecule has 1 atom stereocenters. The van der Waals surface area contributed by atoms with E-state index in [0.29, 0.717) is 18.4 Å². The van der Waals surface area contributed by atoms with Crippen molar-refractivity contribution in [2.75, 3.05) is 19.8 Å². The van der Waals surface area contributed by atoms with Crippen molar-refractivity contribution in [2.24, 2.45) is 5.92 Å². The third kappa shape index (κ3) is 6.44. The second-order valence-corrected chi connectivity index (χ2v) is 4.94. The Labute approximate surface area is 109 Å². The molecule has 0 saturated heterocycles. The van der Waals surface area contributed by atoms with E-state index in [1.165, 1.54) is 0 Å². The first-order chi connectivity index (χ1) is 8.76. The maximum atomic E-state index is 10.3. The zero-order valence-electron chi connectivity index (χ0n) is 10.9. The summed E-state index contributed by atoms with van der Waals surface area (Å²) in [7, 11) is 0. The molecule has 0 aromatic heterocycles. The molecular formula is C13H25NO4. The van der Waals surface area contributed by atoms with Crippen LogP contribution in [0.25, 0.3) is 0 Å². The molecule has 1 aliphatic carbocycles. The number of hydrogen-bond donors (Lipinski definition) is 3. The fourth-order valence-electron chi connectivity index (χ4n) is 2.50. The minimum atomic E-state index is -0.659. The fourth-order valence-corrected chi connectivity index (χ4v) is 2.50. The summed E-state index contributed by atoms with van der Waals surface area (Å²) in [6, 6.07) is 0.338. The molecule has 1 aliphatic rings. The number of aliphatic hydroxyl groups is 2. The van der Waals surface area contributed by atoms with Crippen LogP contribution >= 0.6 is 0 Å². The van der Waals surface area contributed by atoms with Gasteiger partial charge in [-0.15, -0.1) is 0 Å². The van der Waals surface area contributed by atoms with Crippen LogP contribution < -0.4 is 5.32 Å². The lowest BCUT2D eigenvalue weighted by molar-refractivity contribution is -0.108. The smallest absolute Gasteiger partial charge is 0.128 e. The van der Waals surface area contributed by atoms with Gasteiger partial charge in [0.2, 0.25) is 0 Å². The summed E-state index contributed by atoms with van der Waals surface area (Å²) < 4.78 is 5.06. The molecular weight excluding hydrogens is 234 g/mol. The van der Waals surface area contributed by atoms with E-state index in [1.54, 1.807) is 0 Å². The Kier molecular flexibility index (Phi) is 8.17. The van der Waals surface area contributed by atoms with E-state index in [9.17, 15) is 9.90 Å². The van der Waals surface area contributed by atoms with E-state index in [2.05, 4.69) is 5.32 Å². The lowest BCUT2D eigenvalue weighted by Gasteiger charge is -2.30. The highest BCUT2D eigenvalue weighted by molar-refractivity contribution is 5.49. The Morgan fingerprint density at radius 1 is 1.33 bits per heavy atom. The maximum Gasteiger partial charge on any atom is 0.128 e. The SMILES string of the molecule is O=CCCC1CCC(NC(O)COCCO)CC1. The molecule has 5 nitrogen and oxygen atoms in total. The van der Waals surface area contributed by atoms with Gasteiger partial charge in [-0.1, -0.05) is 0 Å². The summed E-state index contributed by atoms with van der Waals surface area (Å²) in [4.78, 5) is 10.3. The zero-order chi connectivity index (χ0) is 13.2. The standard InChI is InChI=1S/C13H25NO4/c15-7-1-2-11-3-5-12(6-4-11)14-13(17)10-18-9-8-16/h7,11-14,16-17H,1-6,8-10H2. The van der Waals surface area contributed by atoms with E-state index in [-0.39, 0.29) is 19.8 Å². The first kappa shape index (κ1) is 15.6. The third-order valence-corrected chi connectivity index (χ3v) is 3.48. The number of rotatable bonds is 9. The monoisotopic (exact) mass is 259 g/mol. The lowest BCUT2D eigenvalue weighted by atomic mass is 9.83. The summed E-state index contributed by atoms with van der Waals surface area (Å²) in [5, 5.41) is 21.4. The van der Waals surface area contributed by atoms with Gasteiger partial charge >= 0.3 is 0 Å². The molecule has 3 N–H and O–H groups in total. The molecule has 1 unspecified atom stereocenters. The van der Waals surface area contributed by atoms with Crippen LogP contribution in [0, 0.1) is 5.92 Å². The average molecular weight is 259 g/mol. The molecule has 0 spiro atoms. The van der Waals surface area contributed by atoms with Gasteiger partial charge in [-0.25, -0.2) is 0 Å². The average Bonchev–Trinajstić information content (AvgIpc) is 2.38. The Hall–Kier alpha value is -0.490. The van der Waals surface area contributed by atoms with Crippen molar-refractivity contribution < 1.29 is 19.7 Å². The van der Waals surface area contributed by atoms with Crippen molar-refractivity contribution in [3.63, 3.8) is 0 Å². The van der Waals surface area contributed by atoms with Crippen LogP contribution in [0.3, 0.4) is 0 Å². The highest BCUT2D eigenvalue weighted by atomic mass is 16.5. The number of nitrogens with one attached hydrogen (secondary N) is 1. The van der Waals surface area contributed by atoms with E-state index in [1.807, 2.05) is 0 Å². The predicted molar refractivity (Wildman–Crippen MR) is 68.1 cm³/mol. The second kappa shape index (κ2) is 9.44. The highest BCUT2D eigenvalue weighted by Crippen LogP contribution is 2.27.